The molecule has 0 aromatic carbocycles. The summed E-state index contributed by atoms with van der Waals surface area (Å²) < 4.78 is 5.73. The second kappa shape index (κ2) is 8.93. The zero-order valence-corrected chi connectivity index (χ0v) is 14.9. The third-order valence-corrected chi connectivity index (χ3v) is 3.36. The van der Waals surface area contributed by atoms with Gasteiger partial charge in [-0.25, -0.2) is 14.8 Å². The maximum atomic E-state index is 11.6. The van der Waals surface area contributed by atoms with Gasteiger partial charge in [-0.1, -0.05) is 23.2 Å². The Labute approximate surface area is 157 Å². The summed E-state index contributed by atoms with van der Waals surface area (Å²) in [6.45, 7) is 0. The van der Waals surface area contributed by atoms with Gasteiger partial charge in [0.25, 0.3) is 5.56 Å². The number of esters is 1. The van der Waals surface area contributed by atoms with E-state index in [0.717, 1.165) is 0 Å². The van der Waals surface area contributed by atoms with Gasteiger partial charge in [-0.05, 0) is 12.1 Å². The lowest BCUT2D eigenvalue weighted by Crippen LogP contribution is -2.18. The highest BCUT2D eigenvalue weighted by Gasteiger charge is 2.08. The standard InChI is InChI=1S/C11H8ClN3O3.C5H4ClNO/c1-18-11(17)8-4-14-9(5-13-8)15-6-7(12)2-3-10(15)16;6-4-1-2-5(8)7-3-4/h2-6H,1H3;1-3H,(H,7,8). The predicted molar refractivity (Wildman–Crippen MR) is 96.1 cm³/mol. The smallest absolute Gasteiger partial charge is 0.358 e. The number of carbonyl (C=O) groups is 1. The molecule has 0 amide bonds. The first-order valence-corrected chi connectivity index (χ1v) is 7.79. The summed E-state index contributed by atoms with van der Waals surface area (Å²) in [6.07, 6.45) is 5.40. The molecule has 3 heterocycles. The minimum atomic E-state index is -0.590. The van der Waals surface area contributed by atoms with Gasteiger partial charge in [0, 0.05) is 24.5 Å². The van der Waals surface area contributed by atoms with Gasteiger partial charge >= 0.3 is 5.97 Å². The largest absolute Gasteiger partial charge is 0.464 e. The molecular formula is C16H12Cl2N4O4. The Morgan fingerprint density at radius 2 is 1.81 bits per heavy atom. The number of methoxy groups -OCH3 is 1. The zero-order chi connectivity index (χ0) is 19.1. The Hall–Kier alpha value is -2.97. The van der Waals surface area contributed by atoms with Crippen LogP contribution < -0.4 is 11.1 Å². The average molecular weight is 395 g/mol. The third kappa shape index (κ3) is 5.27. The fourth-order valence-corrected chi connectivity index (χ4v) is 1.97. The Morgan fingerprint density at radius 3 is 2.35 bits per heavy atom. The van der Waals surface area contributed by atoms with Crippen molar-refractivity contribution in [2.45, 2.75) is 0 Å². The van der Waals surface area contributed by atoms with E-state index in [0.29, 0.717) is 10.0 Å². The van der Waals surface area contributed by atoms with Crippen molar-refractivity contribution in [1.82, 2.24) is 19.5 Å². The Balaban J connectivity index is 0.000000254. The van der Waals surface area contributed by atoms with E-state index >= 15 is 0 Å². The minimum absolute atomic E-state index is 0.0660. The molecule has 0 fully saturated rings. The first kappa shape index (κ1) is 19.4. The Kier molecular flexibility index (Phi) is 6.65. The van der Waals surface area contributed by atoms with Crippen molar-refractivity contribution in [1.29, 1.82) is 0 Å². The van der Waals surface area contributed by atoms with Crippen LogP contribution in [0.1, 0.15) is 10.5 Å². The highest BCUT2D eigenvalue weighted by atomic mass is 35.5. The molecule has 3 rings (SSSR count). The van der Waals surface area contributed by atoms with Crippen molar-refractivity contribution in [2.24, 2.45) is 0 Å². The molecule has 10 heteroatoms. The average Bonchev–Trinajstić information content (AvgIpc) is 2.66. The zero-order valence-electron chi connectivity index (χ0n) is 13.3. The number of carbonyl (C=O) groups excluding carboxylic acids is 1. The molecule has 3 aromatic heterocycles. The molecule has 134 valence electrons. The van der Waals surface area contributed by atoms with Crippen LogP contribution in [0.4, 0.5) is 0 Å². The molecular weight excluding hydrogens is 383 g/mol. The molecule has 0 aliphatic carbocycles. The SMILES string of the molecule is COC(=O)c1cnc(-n2cc(Cl)ccc2=O)cn1.O=c1ccc(Cl)c[nH]1. The fraction of sp³-hybridized carbons (Fsp3) is 0.0625. The summed E-state index contributed by atoms with van der Waals surface area (Å²) in [5.41, 5.74) is -0.356. The summed E-state index contributed by atoms with van der Waals surface area (Å²) in [5.74, 6) is -0.317. The van der Waals surface area contributed by atoms with E-state index in [1.165, 1.54) is 54.7 Å². The van der Waals surface area contributed by atoms with E-state index in [2.05, 4.69) is 19.7 Å². The molecule has 26 heavy (non-hydrogen) atoms. The van der Waals surface area contributed by atoms with Crippen molar-refractivity contribution in [2.75, 3.05) is 7.11 Å². The maximum Gasteiger partial charge on any atom is 0.358 e. The fourth-order valence-electron chi connectivity index (χ4n) is 1.69. The molecule has 3 aromatic rings. The number of hydrogen-bond acceptors (Lipinski definition) is 6. The molecule has 8 nitrogen and oxygen atoms in total. The summed E-state index contributed by atoms with van der Waals surface area (Å²) in [4.78, 5) is 43.3. The van der Waals surface area contributed by atoms with Gasteiger partial charge < -0.3 is 9.72 Å². The van der Waals surface area contributed by atoms with Gasteiger partial charge in [-0.15, -0.1) is 0 Å². The van der Waals surface area contributed by atoms with E-state index in [1.54, 1.807) is 6.07 Å². The lowest BCUT2D eigenvalue weighted by molar-refractivity contribution is 0.0593. The monoisotopic (exact) mass is 394 g/mol. The molecule has 0 unspecified atom stereocenters. The number of rotatable bonds is 2. The van der Waals surface area contributed by atoms with Gasteiger partial charge in [0.2, 0.25) is 5.56 Å². The van der Waals surface area contributed by atoms with Crippen LogP contribution in [0.5, 0.6) is 0 Å². The van der Waals surface area contributed by atoms with Crippen LogP contribution in [-0.2, 0) is 4.74 Å². The number of hydrogen-bond donors (Lipinski definition) is 1. The number of ether oxygens (including phenoxy) is 1. The predicted octanol–water partition coefficient (Wildman–Crippen LogP) is 2.10. The molecule has 0 spiro atoms. The van der Waals surface area contributed by atoms with Crippen LogP contribution in [-0.4, -0.2) is 32.6 Å². The second-order valence-electron chi connectivity index (χ2n) is 4.68. The van der Waals surface area contributed by atoms with E-state index < -0.39 is 5.97 Å². The van der Waals surface area contributed by atoms with Gasteiger partial charge in [0.05, 0.1) is 29.5 Å². The number of halogens is 2. The molecule has 0 radical (unpaired) electrons. The number of aromatic amines is 1. The van der Waals surface area contributed by atoms with Crippen molar-refractivity contribution >= 4 is 29.2 Å². The topological polar surface area (TPSA) is 107 Å². The quantitative estimate of drug-likeness (QED) is 0.666. The van der Waals surface area contributed by atoms with Gasteiger partial charge in [-0.3, -0.25) is 14.2 Å². The first-order chi connectivity index (χ1) is 12.4. The van der Waals surface area contributed by atoms with Crippen molar-refractivity contribution in [3.63, 3.8) is 0 Å². The number of pyridine rings is 2. The van der Waals surface area contributed by atoms with Crippen LogP contribution in [0.15, 0.2) is 58.6 Å². The molecule has 0 bridgehead atoms. The molecule has 0 aliphatic rings. The van der Waals surface area contributed by atoms with E-state index in [9.17, 15) is 14.4 Å². The lowest BCUT2D eigenvalue weighted by Gasteiger charge is -2.04. The highest BCUT2D eigenvalue weighted by molar-refractivity contribution is 6.30. The molecule has 1 N–H and O–H groups in total. The van der Waals surface area contributed by atoms with Crippen LogP contribution in [0.25, 0.3) is 5.82 Å². The normalized spacial score (nSPS) is 9.81. The van der Waals surface area contributed by atoms with E-state index in [1.807, 2.05) is 0 Å². The number of aromatic nitrogens is 4. The number of H-pyrrole nitrogens is 1. The van der Waals surface area contributed by atoms with Gasteiger partial charge in [-0.2, -0.15) is 0 Å². The van der Waals surface area contributed by atoms with Crippen LogP contribution >= 0.6 is 23.2 Å². The van der Waals surface area contributed by atoms with Gasteiger partial charge in [0.15, 0.2) is 11.5 Å². The Morgan fingerprint density at radius 1 is 1.08 bits per heavy atom. The van der Waals surface area contributed by atoms with Crippen molar-refractivity contribution < 1.29 is 9.53 Å². The lowest BCUT2D eigenvalue weighted by atomic mass is 10.4. The van der Waals surface area contributed by atoms with E-state index in [4.69, 9.17) is 23.2 Å². The van der Waals surface area contributed by atoms with Crippen LogP contribution in [0.2, 0.25) is 10.0 Å². The highest BCUT2D eigenvalue weighted by Crippen LogP contribution is 2.07. The third-order valence-electron chi connectivity index (χ3n) is 2.90. The van der Waals surface area contributed by atoms with Crippen molar-refractivity contribution in [3.05, 3.63) is 85.5 Å². The van der Waals surface area contributed by atoms with E-state index in [-0.39, 0.29) is 22.6 Å². The number of nitrogens with one attached hydrogen (secondary N) is 1. The van der Waals surface area contributed by atoms with Crippen LogP contribution in [0, 0.1) is 0 Å². The number of nitrogens with zero attached hydrogens (tertiary/aromatic N) is 3. The molecule has 0 atom stereocenters. The molecule has 0 saturated carbocycles. The summed E-state index contributed by atoms with van der Waals surface area (Å²) in [7, 11) is 1.25. The van der Waals surface area contributed by atoms with Crippen LogP contribution in [0.3, 0.4) is 0 Å². The Bertz CT molecular complexity index is 995. The maximum absolute atomic E-state index is 11.6. The van der Waals surface area contributed by atoms with Crippen molar-refractivity contribution in [3.8, 4) is 5.82 Å². The summed E-state index contributed by atoms with van der Waals surface area (Å²) >= 11 is 11.2. The molecule has 0 saturated heterocycles. The summed E-state index contributed by atoms with van der Waals surface area (Å²) in [5, 5.41) is 0.943. The first-order valence-electron chi connectivity index (χ1n) is 7.04. The second-order valence-corrected chi connectivity index (χ2v) is 5.55. The minimum Gasteiger partial charge on any atom is -0.464 e. The summed E-state index contributed by atoms with van der Waals surface area (Å²) in [6, 6.07) is 5.72. The molecule has 0 aliphatic heterocycles. The van der Waals surface area contributed by atoms with Gasteiger partial charge in [0.1, 0.15) is 0 Å².